The normalized spacial score (nSPS) is 19.6. The van der Waals surface area contributed by atoms with Gasteiger partial charge in [0.25, 0.3) is 0 Å². The molecule has 4 rings (SSSR count). The molecule has 2 atom stereocenters. The second-order valence-corrected chi connectivity index (χ2v) is 9.58. The van der Waals surface area contributed by atoms with Crippen molar-refractivity contribution in [2.75, 3.05) is 35.4 Å². The largest absolute Gasteiger partial charge is 0.394 e. The first-order chi connectivity index (χ1) is 16.3. The summed E-state index contributed by atoms with van der Waals surface area (Å²) in [5.41, 5.74) is 13.2. The van der Waals surface area contributed by atoms with Crippen LogP contribution in [0.15, 0.2) is 23.4 Å². The lowest BCUT2D eigenvalue weighted by molar-refractivity contribution is 0.0322. The quantitative estimate of drug-likeness (QED) is 0.178. The van der Waals surface area contributed by atoms with Gasteiger partial charge in [-0.25, -0.2) is 24.6 Å². The Labute approximate surface area is 203 Å². The molecule has 2 saturated carbocycles. The van der Waals surface area contributed by atoms with Crippen LogP contribution in [0.25, 0.3) is 0 Å². The lowest BCUT2D eigenvalue weighted by Gasteiger charge is -2.26. The van der Waals surface area contributed by atoms with Crippen molar-refractivity contribution < 1.29 is 18.6 Å². The van der Waals surface area contributed by atoms with Gasteiger partial charge in [-0.2, -0.15) is 0 Å². The maximum absolute atomic E-state index is 12.6. The first-order valence-corrected chi connectivity index (χ1v) is 12.6. The van der Waals surface area contributed by atoms with E-state index in [2.05, 4.69) is 16.9 Å². The fourth-order valence-corrected chi connectivity index (χ4v) is 4.51. The van der Waals surface area contributed by atoms with Gasteiger partial charge in [0.2, 0.25) is 0 Å². The predicted molar refractivity (Wildman–Crippen MR) is 131 cm³/mol. The second kappa shape index (κ2) is 12.5. The van der Waals surface area contributed by atoms with E-state index in [-0.39, 0.29) is 24.6 Å². The summed E-state index contributed by atoms with van der Waals surface area (Å²) in [5.74, 6) is 6.91. The van der Waals surface area contributed by atoms with Crippen LogP contribution in [-0.4, -0.2) is 46.2 Å². The number of benzene rings is 1. The molecule has 11 heteroatoms. The summed E-state index contributed by atoms with van der Waals surface area (Å²) in [6.45, 7) is 2.47. The van der Waals surface area contributed by atoms with Crippen LogP contribution in [0.1, 0.15) is 56.9 Å². The highest BCUT2D eigenvalue weighted by Gasteiger charge is 2.31. The number of anilines is 3. The molecule has 7 N–H and O–H groups in total. The molecule has 0 radical (unpaired) electrons. The molecule has 0 bridgehead atoms. The van der Waals surface area contributed by atoms with Crippen molar-refractivity contribution in [3.05, 3.63) is 35.4 Å². The van der Waals surface area contributed by atoms with Crippen LogP contribution in [0.3, 0.4) is 0 Å². The van der Waals surface area contributed by atoms with E-state index >= 15 is 0 Å². The Morgan fingerprint density at radius 1 is 1.15 bits per heavy atom. The van der Waals surface area contributed by atoms with Gasteiger partial charge in [0.15, 0.2) is 28.4 Å². The molecule has 1 heterocycles. The number of hydrazine groups is 1. The monoisotopic (exact) mass is 496 g/mol. The number of aliphatic hydroxyl groups excluding tert-OH is 1. The molecule has 188 valence electrons. The van der Waals surface area contributed by atoms with Crippen LogP contribution in [0.4, 0.5) is 26.1 Å². The summed E-state index contributed by atoms with van der Waals surface area (Å²) < 4.78 is 30.6. The van der Waals surface area contributed by atoms with Gasteiger partial charge < -0.3 is 21.3 Å². The molecule has 2 aliphatic carbocycles. The molecular formula is C23H34F2N6O2S. The predicted octanol–water partition coefficient (Wildman–Crippen LogP) is 3.60. The van der Waals surface area contributed by atoms with Crippen molar-refractivity contribution >= 4 is 29.1 Å². The zero-order chi connectivity index (χ0) is 24.7. The van der Waals surface area contributed by atoms with Crippen molar-refractivity contribution in [3.63, 3.8) is 0 Å². The number of thioether (sulfide) groups is 1. The Balaban J connectivity index is 0.000000243. The fourth-order valence-electron chi connectivity index (χ4n) is 3.81. The van der Waals surface area contributed by atoms with Crippen molar-refractivity contribution in [2.24, 2.45) is 5.84 Å². The fraction of sp³-hybridized carbons (Fsp3) is 0.565. The highest BCUT2D eigenvalue weighted by atomic mass is 32.2. The van der Waals surface area contributed by atoms with E-state index in [9.17, 15) is 8.78 Å². The number of aromatic nitrogens is 2. The van der Waals surface area contributed by atoms with E-state index in [0.717, 1.165) is 49.8 Å². The molecule has 1 unspecified atom stereocenters. The molecule has 0 aliphatic heterocycles. The smallest absolute Gasteiger partial charge is 0.191 e. The topological polar surface area (TPSA) is 137 Å². The molecule has 0 saturated heterocycles. The summed E-state index contributed by atoms with van der Waals surface area (Å²) >= 11 is 1.54. The molecule has 0 amide bonds. The van der Waals surface area contributed by atoms with Gasteiger partial charge >= 0.3 is 0 Å². The van der Waals surface area contributed by atoms with Crippen LogP contribution in [0.2, 0.25) is 0 Å². The summed E-state index contributed by atoms with van der Waals surface area (Å²) in [6.07, 6.45) is 5.91. The average molecular weight is 497 g/mol. The lowest BCUT2D eigenvalue weighted by atomic mass is 10.1. The van der Waals surface area contributed by atoms with E-state index in [1.807, 2.05) is 0 Å². The molecule has 0 spiro atoms. The Bertz CT molecular complexity index is 950. The Morgan fingerprint density at radius 2 is 1.91 bits per heavy atom. The number of hydrogen-bond acceptors (Lipinski definition) is 9. The highest BCUT2D eigenvalue weighted by Crippen LogP contribution is 2.40. The molecule has 2 aliphatic rings. The molecule has 34 heavy (non-hydrogen) atoms. The summed E-state index contributed by atoms with van der Waals surface area (Å²) in [5, 5.41) is 11.0. The van der Waals surface area contributed by atoms with Crippen molar-refractivity contribution in [1.29, 1.82) is 0 Å². The van der Waals surface area contributed by atoms with Crippen molar-refractivity contribution in [3.8, 4) is 0 Å². The van der Waals surface area contributed by atoms with Crippen LogP contribution in [0.5, 0.6) is 0 Å². The number of ether oxygens (including phenoxy) is 1. The van der Waals surface area contributed by atoms with E-state index < -0.39 is 11.6 Å². The molecule has 2 aromatic rings. The Hall–Kier alpha value is -2.21. The van der Waals surface area contributed by atoms with Crippen LogP contribution >= 0.6 is 11.8 Å². The maximum atomic E-state index is 12.6. The lowest BCUT2D eigenvalue weighted by Crippen LogP contribution is -2.41. The molecule has 1 aromatic carbocycles. The minimum atomic E-state index is -0.755. The van der Waals surface area contributed by atoms with E-state index in [4.69, 9.17) is 27.2 Å². The zero-order valence-corrected chi connectivity index (χ0v) is 20.2. The minimum absolute atomic E-state index is 0.0287. The summed E-state index contributed by atoms with van der Waals surface area (Å²) in [7, 11) is 0. The zero-order valence-electron chi connectivity index (χ0n) is 19.4. The number of halogens is 2. The SMILES string of the molecule is CCCSc1nc(N)c(N)c(N(N)C2CC[C@@H](OCCO)C2)n1.Fc1ccc(C2CC2)cc1F. The number of nitrogens with zero attached hydrogens (tertiary/aromatic N) is 3. The highest BCUT2D eigenvalue weighted by molar-refractivity contribution is 7.99. The molecule has 1 aromatic heterocycles. The standard InChI is InChI=1S/C14H26N6O2S.C9H8F2/c1-2-7-23-14-18-12(16)11(15)13(19-14)20(17)9-3-4-10(8-9)22-6-5-21;10-8-4-3-7(5-9(8)11)6-1-2-6/h9-10,21H,2-8,15,17H2,1H3,(H2,16,18,19);3-6H,1-2H2/t9?,10-;/m1./s1. The van der Waals surface area contributed by atoms with E-state index in [1.54, 1.807) is 11.1 Å². The Kier molecular flexibility index (Phi) is 9.69. The van der Waals surface area contributed by atoms with Gasteiger partial charge in [-0.05, 0) is 62.1 Å². The maximum Gasteiger partial charge on any atom is 0.191 e. The molecule has 2 fully saturated rings. The van der Waals surface area contributed by atoms with E-state index in [0.29, 0.717) is 29.2 Å². The first-order valence-electron chi connectivity index (χ1n) is 11.6. The third-order valence-electron chi connectivity index (χ3n) is 5.80. The van der Waals surface area contributed by atoms with Gasteiger partial charge in [-0.3, -0.25) is 5.01 Å². The Morgan fingerprint density at radius 3 is 2.56 bits per heavy atom. The van der Waals surface area contributed by atoms with Crippen LogP contribution in [-0.2, 0) is 4.74 Å². The minimum Gasteiger partial charge on any atom is -0.394 e. The number of rotatable bonds is 9. The summed E-state index contributed by atoms with van der Waals surface area (Å²) in [6, 6.07) is 4.24. The van der Waals surface area contributed by atoms with E-state index in [1.165, 1.54) is 23.9 Å². The number of hydrogen-bond donors (Lipinski definition) is 4. The van der Waals surface area contributed by atoms with Crippen LogP contribution in [0, 0.1) is 11.6 Å². The average Bonchev–Trinajstić information content (AvgIpc) is 3.57. The number of nitrogens with two attached hydrogens (primary N) is 3. The van der Waals surface area contributed by atoms with Gasteiger partial charge in [0, 0.05) is 11.8 Å². The number of aliphatic hydroxyl groups is 1. The molecular weight excluding hydrogens is 462 g/mol. The van der Waals surface area contributed by atoms with Gasteiger partial charge in [0.1, 0.15) is 5.69 Å². The molecule has 8 nitrogen and oxygen atoms in total. The van der Waals surface area contributed by atoms with Gasteiger partial charge in [0.05, 0.1) is 19.3 Å². The third-order valence-corrected chi connectivity index (χ3v) is 6.85. The van der Waals surface area contributed by atoms with Crippen molar-refractivity contribution in [2.45, 2.75) is 68.7 Å². The van der Waals surface area contributed by atoms with Crippen LogP contribution < -0.4 is 22.3 Å². The van der Waals surface area contributed by atoms with Gasteiger partial charge in [-0.15, -0.1) is 0 Å². The second-order valence-electron chi connectivity index (χ2n) is 8.52. The summed E-state index contributed by atoms with van der Waals surface area (Å²) in [4.78, 5) is 8.67. The van der Waals surface area contributed by atoms with Crippen molar-refractivity contribution in [1.82, 2.24) is 9.97 Å². The first kappa shape index (κ1) is 26.4. The third kappa shape index (κ3) is 7.14. The van der Waals surface area contributed by atoms with Gasteiger partial charge in [-0.1, -0.05) is 24.8 Å². The number of nitrogen functional groups attached to an aromatic ring is 2.